The van der Waals surface area contributed by atoms with E-state index in [4.69, 9.17) is 11.6 Å². The maximum atomic E-state index is 6.20. The summed E-state index contributed by atoms with van der Waals surface area (Å²) in [5, 5.41) is 4.36. The van der Waals surface area contributed by atoms with Crippen LogP contribution in [0.1, 0.15) is 20.3 Å². The summed E-state index contributed by atoms with van der Waals surface area (Å²) in [6, 6.07) is 6.45. The van der Waals surface area contributed by atoms with Crippen LogP contribution in [-0.4, -0.2) is 17.5 Å². The molecule has 0 saturated carbocycles. The normalized spacial score (nSPS) is 23.4. The Hall–Kier alpha value is 0.140. The van der Waals surface area contributed by atoms with Gasteiger partial charge in [0.05, 0.1) is 10.7 Å². The van der Waals surface area contributed by atoms with Crippen LogP contribution >= 0.6 is 39.3 Å². The Morgan fingerprint density at radius 3 is 2.94 bits per heavy atom. The Kier molecular flexibility index (Phi) is 4.32. The molecule has 1 fully saturated rings. The second-order valence-electron chi connectivity index (χ2n) is 5.35. The van der Waals surface area contributed by atoms with Gasteiger partial charge in [0.15, 0.2) is 0 Å². The lowest BCUT2D eigenvalue weighted by atomic mass is 9.88. The SMILES string of the molecule is CC1(C)CSCC(Nc2cc(Br)ccc2Cl)C1. The summed E-state index contributed by atoms with van der Waals surface area (Å²) < 4.78 is 1.06. The van der Waals surface area contributed by atoms with Crippen molar-refractivity contribution < 1.29 is 0 Å². The molecule has 1 aromatic rings. The predicted molar refractivity (Wildman–Crippen MR) is 82.3 cm³/mol. The van der Waals surface area contributed by atoms with E-state index < -0.39 is 0 Å². The minimum Gasteiger partial charge on any atom is -0.380 e. The largest absolute Gasteiger partial charge is 0.380 e. The molecule has 1 atom stereocenters. The van der Waals surface area contributed by atoms with Gasteiger partial charge in [-0.25, -0.2) is 0 Å². The fourth-order valence-electron chi connectivity index (χ4n) is 2.18. The molecular formula is C13H17BrClNS. The van der Waals surface area contributed by atoms with Crippen molar-refractivity contribution in [1.29, 1.82) is 0 Å². The van der Waals surface area contributed by atoms with Crippen molar-refractivity contribution in [3.8, 4) is 0 Å². The average molecular weight is 335 g/mol. The van der Waals surface area contributed by atoms with E-state index in [0.717, 1.165) is 20.9 Å². The molecule has 1 nitrogen and oxygen atoms in total. The summed E-state index contributed by atoms with van der Waals surface area (Å²) in [5.41, 5.74) is 1.45. The Balaban J connectivity index is 2.07. The van der Waals surface area contributed by atoms with Gasteiger partial charge in [-0.1, -0.05) is 41.4 Å². The minimum absolute atomic E-state index is 0.416. The quantitative estimate of drug-likeness (QED) is 0.812. The molecule has 1 N–H and O–H groups in total. The highest BCUT2D eigenvalue weighted by Gasteiger charge is 2.28. The van der Waals surface area contributed by atoms with E-state index in [2.05, 4.69) is 41.2 Å². The molecular weight excluding hydrogens is 318 g/mol. The molecule has 0 aliphatic carbocycles. The fraction of sp³-hybridized carbons (Fsp3) is 0.538. The molecule has 0 aromatic heterocycles. The Labute approximate surface area is 121 Å². The molecule has 0 bridgehead atoms. The van der Waals surface area contributed by atoms with Crippen LogP contribution < -0.4 is 5.32 Å². The van der Waals surface area contributed by atoms with Gasteiger partial charge in [0.25, 0.3) is 0 Å². The maximum absolute atomic E-state index is 6.20. The van der Waals surface area contributed by atoms with Crippen molar-refractivity contribution in [2.75, 3.05) is 16.8 Å². The smallest absolute Gasteiger partial charge is 0.0638 e. The topological polar surface area (TPSA) is 12.0 Å². The van der Waals surface area contributed by atoms with Gasteiger partial charge in [-0.15, -0.1) is 0 Å². The first-order valence-electron chi connectivity index (χ1n) is 5.76. The van der Waals surface area contributed by atoms with Crippen molar-refractivity contribution in [1.82, 2.24) is 0 Å². The lowest BCUT2D eigenvalue weighted by molar-refractivity contribution is 0.358. The van der Waals surface area contributed by atoms with Crippen LogP contribution in [0.25, 0.3) is 0 Å². The Morgan fingerprint density at radius 2 is 2.24 bits per heavy atom. The monoisotopic (exact) mass is 333 g/mol. The standard InChI is InChI=1S/C13H17BrClNS/c1-13(2)6-10(7-17-8-13)16-12-5-9(14)3-4-11(12)15/h3-5,10,16H,6-8H2,1-2H3. The number of halogens is 2. The average Bonchev–Trinajstić information content (AvgIpc) is 2.22. The van der Waals surface area contributed by atoms with E-state index >= 15 is 0 Å². The molecule has 0 amide bonds. The van der Waals surface area contributed by atoms with Gasteiger partial charge in [-0.3, -0.25) is 0 Å². The fourth-order valence-corrected chi connectivity index (χ4v) is 3.99. The number of hydrogen-bond donors (Lipinski definition) is 1. The van der Waals surface area contributed by atoms with Crippen LogP contribution in [0, 0.1) is 5.41 Å². The molecule has 0 radical (unpaired) electrons. The van der Waals surface area contributed by atoms with Crippen molar-refractivity contribution in [2.24, 2.45) is 5.41 Å². The molecule has 1 saturated heterocycles. The van der Waals surface area contributed by atoms with E-state index in [1.165, 1.54) is 12.2 Å². The molecule has 17 heavy (non-hydrogen) atoms. The number of benzene rings is 1. The zero-order chi connectivity index (χ0) is 12.5. The van der Waals surface area contributed by atoms with E-state index in [1.54, 1.807) is 0 Å². The van der Waals surface area contributed by atoms with Crippen LogP contribution in [0.4, 0.5) is 5.69 Å². The van der Waals surface area contributed by atoms with E-state index in [9.17, 15) is 0 Å². The summed E-state index contributed by atoms with van der Waals surface area (Å²) in [6.45, 7) is 4.66. The van der Waals surface area contributed by atoms with Gasteiger partial charge >= 0.3 is 0 Å². The summed E-state index contributed by atoms with van der Waals surface area (Å²) in [4.78, 5) is 0. The first-order valence-corrected chi connectivity index (χ1v) is 8.08. The van der Waals surface area contributed by atoms with Crippen LogP contribution in [-0.2, 0) is 0 Å². The second kappa shape index (κ2) is 5.41. The second-order valence-corrected chi connectivity index (χ2v) is 7.70. The lowest BCUT2D eigenvalue weighted by Gasteiger charge is -2.35. The first-order chi connectivity index (χ1) is 7.96. The molecule has 1 aliphatic rings. The molecule has 1 heterocycles. The summed E-state index contributed by atoms with van der Waals surface area (Å²) in [7, 11) is 0. The summed E-state index contributed by atoms with van der Waals surface area (Å²) in [6.07, 6.45) is 1.20. The predicted octanol–water partition coefficient (Wildman–Crippen LogP) is 5.05. The van der Waals surface area contributed by atoms with Crippen molar-refractivity contribution >= 4 is 45.0 Å². The van der Waals surface area contributed by atoms with Crippen molar-refractivity contribution in [3.05, 3.63) is 27.7 Å². The highest BCUT2D eigenvalue weighted by atomic mass is 79.9. The van der Waals surface area contributed by atoms with Gasteiger partial charge < -0.3 is 5.32 Å². The molecule has 0 spiro atoms. The first kappa shape index (κ1) is 13.6. The van der Waals surface area contributed by atoms with E-state index in [1.807, 2.05) is 23.9 Å². The lowest BCUT2D eigenvalue weighted by Crippen LogP contribution is -2.35. The minimum atomic E-state index is 0.416. The van der Waals surface area contributed by atoms with Gasteiger partial charge in [-0.05, 0) is 35.8 Å². The molecule has 1 aliphatic heterocycles. The van der Waals surface area contributed by atoms with Crippen molar-refractivity contribution in [3.63, 3.8) is 0 Å². The number of thioether (sulfide) groups is 1. The van der Waals surface area contributed by atoms with Crippen LogP contribution in [0.15, 0.2) is 22.7 Å². The molecule has 1 unspecified atom stereocenters. The third-order valence-corrected chi connectivity index (χ3v) is 5.35. The molecule has 1 aromatic carbocycles. The van der Waals surface area contributed by atoms with Crippen LogP contribution in [0.2, 0.25) is 5.02 Å². The van der Waals surface area contributed by atoms with Gasteiger partial charge in [0.1, 0.15) is 0 Å². The number of nitrogens with one attached hydrogen (secondary N) is 1. The van der Waals surface area contributed by atoms with E-state index in [-0.39, 0.29) is 0 Å². The molecule has 94 valence electrons. The third kappa shape index (κ3) is 3.80. The van der Waals surface area contributed by atoms with Crippen LogP contribution in [0.3, 0.4) is 0 Å². The zero-order valence-electron chi connectivity index (χ0n) is 10.1. The number of rotatable bonds is 2. The highest BCUT2D eigenvalue weighted by molar-refractivity contribution is 9.10. The van der Waals surface area contributed by atoms with Crippen LogP contribution in [0.5, 0.6) is 0 Å². The summed E-state index contributed by atoms with van der Waals surface area (Å²) >= 11 is 11.7. The number of anilines is 1. The van der Waals surface area contributed by atoms with Gasteiger partial charge in [0, 0.05) is 16.3 Å². The Bertz CT molecular complexity index is 408. The Morgan fingerprint density at radius 1 is 1.47 bits per heavy atom. The van der Waals surface area contributed by atoms with E-state index in [0.29, 0.717) is 11.5 Å². The number of hydrogen-bond acceptors (Lipinski definition) is 2. The highest BCUT2D eigenvalue weighted by Crippen LogP contribution is 2.36. The van der Waals surface area contributed by atoms with Crippen molar-refractivity contribution in [2.45, 2.75) is 26.3 Å². The van der Waals surface area contributed by atoms with Gasteiger partial charge in [0.2, 0.25) is 0 Å². The summed E-state index contributed by atoms with van der Waals surface area (Å²) in [5.74, 6) is 2.41. The third-order valence-electron chi connectivity index (χ3n) is 2.90. The zero-order valence-corrected chi connectivity index (χ0v) is 13.3. The molecule has 2 rings (SSSR count). The maximum Gasteiger partial charge on any atom is 0.0638 e. The molecule has 4 heteroatoms. The van der Waals surface area contributed by atoms with Gasteiger partial charge in [-0.2, -0.15) is 11.8 Å².